The highest BCUT2D eigenvalue weighted by Crippen LogP contribution is 2.19. The van der Waals surface area contributed by atoms with Crippen LogP contribution in [0.2, 0.25) is 0 Å². The maximum atomic E-state index is 12.2. The second-order valence-corrected chi connectivity index (χ2v) is 7.50. The van der Waals surface area contributed by atoms with Crippen LogP contribution in [0.5, 0.6) is 0 Å². The maximum Gasteiger partial charge on any atom is 0.242 e. The lowest BCUT2D eigenvalue weighted by molar-refractivity contribution is -0.129. The molecule has 1 aliphatic rings. The summed E-state index contributed by atoms with van der Waals surface area (Å²) in [7, 11) is 1.70. The van der Waals surface area contributed by atoms with Crippen molar-refractivity contribution in [2.24, 2.45) is 0 Å². The molecule has 26 heavy (non-hydrogen) atoms. The molecule has 0 aliphatic carbocycles. The molecule has 0 radical (unpaired) electrons. The predicted octanol–water partition coefficient (Wildman–Crippen LogP) is 1.41. The van der Waals surface area contributed by atoms with Crippen molar-refractivity contribution in [1.29, 1.82) is 0 Å². The van der Waals surface area contributed by atoms with Gasteiger partial charge in [-0.1, -0.05) is 15.9 Å². The van der Waals surface area contributed by atoms with Gasteiger partial charge in [0.15, 0.2) is 0 Å². The summed E-state index contributed by atoms with van der Waals surface area (Å²) in [6.45, 7) is 2.70. The Bertz CT molecular complexity index is 680. The van der Waals surface area contributed by atoms with Crippen LogP contribution < -0.4 is 16.0 Å². The number of hydrogen-bond donors (Lipinski definition) is 3. The third-order valence-corrected chi connectivity index (χ3v) is 4.65. The second-order valence-electron chi connectivity index (χ2n) is 6.59. The van der Waals surface area contributed by atoms with Crippen molar-refractivity contribution in [1.82, 2.24) is 15.5 Å². The lowest BCUT2D eigenvalue weighted by Crippen LogP contribution is -2.48. The van der Waals surface area contributed by atoms with Crippen molar-refractivity contribution in [2.45, 2.75) is 32.2 Å². The van der Waals surface area contributed by atoms with E-state index in [1.807, 2.05) is 25.1 Å². The normalized spacial score (nSPS) is 17.4. The van der Waals surface area contributed by atoms with Gasteiger partial charge in [0.25, 0.3) is 0 Å². The van der Waals surface area contributed by atoms with Gasteiger partial charge < -0.3 is 16.0 Å². The molecule has 1 fully saturated rings. The molecule has 3 amide bonds. The first-order valence-corrected chi connectivity index (χ1v) is 9.46. The summed E-state index contributed by atoms with van der Waals surface area (Å²) < 4.78 is 0.948. The summed E-state index contributed by atoms with van der Waals surface area (Å²) in [5, 5.41) is 8.38. The van der Waals surface area contributed by atoms with E-state index < -0.39 is 6.04 Å². The van der Waals surface area contributed by atoms with E-state index in [1.54, 1.807) is 11.9 Å². The topological polar surface area (TPSA) is 90.5 Å². The molecule has 1 atom stereocenters. The number of likely N-dealkylation sites (N-methyl/N-ethyl adjacent to an activating group) is 1. The number of nitrogens with one attached hydrogen (secondary N) is 3. The molecule has 1 aliphatic heterocycles. The SMILES string of the molecule is Cc1cc(Br)ccc1NC(=O)CN(C)CC(=O)N[C@H]1CCCCNC1=O. The minimum Gasteiger partial charge on any atom is -0.354 e. The Kier molecular flexibility index (Phi) is 7.59. The average molecular weight is 425 g/mol. The van der Waals surface area contributed by atoms with Crippen LogP contribution in [0.25, 0.3) is 0 Å². The first-order chi connectivity index (χ1) is 12.3. The Morgan fingerprint density at radius 2 is 2.00 bits per heavy atom. The van der Waals surface area contributed by atoms with Crippen molar-refractivity contribution >= 4 is 39.3 Å². The smallest absolute Gasteiger partial charge is 0.242 e. The summed E-state index contributed by atoms with van der Waals surface area (Å²) >= 11 is 3.39. The molecule has 1 aromatic carbocycles. The summed E-state index contributed by atoms with van der Waals surface area (Å²) in [6.07, 6.45) is 2.47. The number of carbonyl (C=O) groups is 3. The minimum atomic E-state index is -0.488. The zero-order valence-electron chi connectivity index (χ0n) is 15.1. The van der Waals surface area contributed by atoms with Crippen molar-refractivity contribution in [2.75, 3.05) is 32.0 Å². The Morgan fingerprint density at radius 1 is 1.27 bits per heavy atom. The molecular formula is C18H25BrN4O3. The number of benzene rings is 1. The molecule has 8 heteroatoms. The highest BCUT2D eigenvalue weighted by atomic mass is 79.9. The van der Waals surface area contributed by atoms with Crippen LogP contribution in [0.4, 0.5) is 5.69 Å². The molecule has 1 saturated heterocycles. The molecule has 3 N–H and O–H groups in total. The van der Waals surface area contributed by atoms with Gasteiger partial charge in [0.2, 0.25) is 17.7 Å². The Hall–Kier alpha value is -1.93. The van der Waals surface area contributed by atoms with E-state index in [1.165, 1.54) is 0 Å². The number of rotatable bonds is 6. The van der Waals surface area contributed by atoms with Crippen molar-refractivity contribution in [3.63, 3.8) is 0 Å². The highest BCUT2D eigenvalue weighted by Gasteiger charge is 2.23. The lowest BCUT2D eigenvalue weighted by Gasteiger charge is -2.19. The molecule has 0 saturated carbocycles. The predicted molar refractivity (Wildman–Crippen MR) is 104 cm³/mol. The molecule has 0 spiro atoms. The largest absolute Gasteiger partial charge is 0.354 e. The molecule has 142 valence electrons. The van der Waals surface area contributed by atoms with Gasteiger partial charge in [-0.05, 0) is 57.0 Å². The van der Waals surface area contributed by atoms with Gasteiger partial charge in [0, 0.05) is 16.7 Å². The summed E-state index contributed by atoms with van der Waals surface area (Å²) in [5.41, 5.74) is 1.69. The van der Waals surface area contributed by atoms with Gasteiger partial charge in [-0.15, -0.1) is 0 Å². The number of nitrogens with zero attached hydrogens (tertiary/aromatic N) is 1. The summed E-state index contributed by atoms with van der Waals surface area (Å²) in [4.78, 5) is 37.8. The Balaban J connectivity index is 1.79. The van der Waals surface area contributed by atoms with Crippen LogP contribution in [0.15, 0.2) is 22.7 Å². The standard InChI is InChI=1S/C18H25BrN4O3/c1-12-9-13(19)6-7-14(12)21-16(24)10-23(2)11-17(25)22-15-5-3-4-8-20-18(15)26/h6-7,9,15H,3-5,8,10-11H2,1-2H3,(H,20,26)(H,21,24)(H,22,25)/t15-/m0/s1. The fraction of sp³-hybridized carbons (Fsp3) is 0.500. The third kappa shape index (κ3) is 6.42. The van der Waals surface area contributed by atoms with E-state index in [9.17, 15) is 14.4 Å². The summed E-state index contributed by atoms with van der Waals surface area (Å²) in [6, 6.07) is 5.12. The quantitative estimate of drug-likeness (QED) is 0.643. The van der Waals surface area contributed by atoms with Crippen LogP contribution in [0.1, 0.15) is 24.8 Å². The maximum absolute atomic E-state index is 12.2. The van der Waals surface area contributed by atoms with Gasteiger partial charge in [-0.3, -0.25) is 19.3 Å². The van der Waals surface area contributed by atoms with Gasteiger partial charge >= 0.3 is 0 Å². The molecule has 7 nitrogen and oxygen atoms in total. The van der Waals surface area contributed by atoms with Crippen LogP contribution in [-0.4, -0.2) is 55.3 Å². The van der Waals surface area contributed by atoms with Crippen LogP contribution in [0.3, 0.4) is 0 Å². The zero-order valence-corrected chi connectivity index (χ0v) is 16.7. The van der Waals surface area contributed by atoms with E-state index in [2.05, 4.69) is 31.9 Å². The first-order valence-electron chi connectivity index (χ1n) is 8.67. The number of amides is 3. The van der Waals surface area contributed by atoms with Crippen molar-refractivity contribution in [3.05, 3.63) is 28.2 Å². The first kappa shape index (κ1) is 20.4. The van der Waals surface area contributed by atoms with E-state index in [4.69, 9.17) is 0 Å². The van der Waals surface area contributed by atoms with E-state index >= 15 is 0 Å². The fourth-order valence-corrected chi connectivity index (χ4v) is 3.30. The average Bonchev–Trinajstić information content (AvgIpc) is 2.74. The van der Waals surface area contributed by atoms with Crippen LogP contribution >= 0.6 is 15.9 Å². The minimum absolute atomic E-state index is 0.0521. The Labute approximate surface area is 162 Å². The molecule has 0 unspecified atom stereocenters. The van der Waals surface area contributed by atoms with Crippen LogP contribution in [0, 0.1) is 6.92 Å². The number of halogens is 1. The van der Waals surface area contributed by atoms with E-state index in [0.29, 0.717) is 13.0 Å². The number of carbonyl (C=O) groups excluding carboxylic acids is 3. The summed E-state index contributed by atoms with van der Waals surface area (Å²) in [5.74, 6) is -0.595. The van der Waals surface area contributed by atoms with Gasteiger partial charge in [-0.2, -0.15) is 0 Å². The number of anilines is 1. The van der Waals surface area contributed by atoms with Crippen molar-refractivity contribution < 1.29 is 14.4 Å². The molecule has 1 heterocycles. The highest BCUT2D eigenvalue weighted by molar-refractivity contribution is 9.10. The van der Waals surface area contributed by atoms with Gasteiger partial charge in [0.05, 0.1) is 13.1 Å². The third-order valence-electron chi connectivity index (χ3n) is 4.16. The van der Waals surface area contributed by atoms with Crippen LogP contribution in [-0.2, 0) is 14.4 Å². The van der Waals surface area contributed by atoms with E-state index in [-0.39, 0.29) is 30.8 Å². The second kappa shape index (κ2) is 9.68. The number of hydrogen-bond acceptors (Lipinski definition) is 4. The number of aryl methyl sites for hydroxylation is 1. The molecule has 0 aromatic heterocycles. The van der Waals surface area contributed by atoms with Gasteiger partial charge in [0.1, 0.15) is 6.04 Å². The molecule has 2 rings (SSSR count). The zero-order chi connectivity index (χ0) is 19.1. The monoisotopic (exact) mass is 424 g/mol. The Morgan fingerprint density at radius 3 is 2.73 bits per heavy atom. The van der Waals surface area contributed by atoms with Gasteiger partial charge in [-0.25, -0.2) is 0 Å². The van der Waals surface area contributed by atoms with Crippen molar-refractivity contribution in [3.8, 4) is 0 Å². The van der Waals surface area contributed by atoms with E-state index in [0.717, 1.165) is 28.6 Å². The lowest BCUT2D eigenvalue weighted by atomic mass is 10.1. The molecular weight excluding hydrogens is 400 g/mol. The molecule has 0 bridgehead atoms. The fourth-order valence-electron chi connectivity index (χ4n) is 2.82. The molecule has 1 aromatic rings.